The minimum absolute atomic E-state index is 1.09. The van der Waals surface area contributed by atoms with Gasteiger partial charge in [-0.2, -0.15) is 0 Å². The van der Waals surface area contributed by atoms with Crippen LogP contribution in [0.2, 0.25) is 0 Å². The molecule has 0 bridgehead atoms. The highest BCUT2D eigenvalue weighted by atomic mass is 15.1. The average molecular weight is 787 g/mol. The fourth-order valence-corrected chi connectivity index (χ4v) is 10.2. The van der Waals surface area contributed by atoms with Crippen molar-refractivity contribution in [3.8, 4) is 50.2 Å². The number of hydrogen-bond acceptors (Lipinski definition) is 1. The average Bonchev–Trinajstić information content (AvgIpc) is 3.85. The van der Waals surface area contributed by atoms with Gasteiger partial charge in [-0.25, -0.2) is 0 Å². The minimum atomic E-state index is 1.09. The molecule has 2 heteroatoms. The van der Waals surface area contributed by atoms with Crippen molar-refractivity contribution in [3.63, 3.8) is 0 Å². The second kappa shape index (κ2) is 13.7. The molecule has 0 aliphatic heterocycles. The Morgan fingerprint density at radius 2 is 0.839 bits per heavy atom. The lowest BCUT2D eigenvalue weighted by Crippen LogP contribution is -2.10. The van der Waals surface area contributed by atoms with Crippen LogP contribution in [0.1, 0.15) is 0 Å². The molecule has 0 radical (unpaired) electrons. The van der Waals surface area contributed by atoms with Gasteiger partial charge in [0, 0.05) is 33.5 Å². The first-order valence-corrected chi connectivity index (χ1v) is 21.4. The second-order valence-corrected chi connectivity index (χ2v) is 16.5. The first-order valence-electron chi connectivity index (χ1n) is 21.4. The van der Waals surface area contributed by atoms with Crippen LogP contribution in [0, 0.1) is 0 Å². The van der Waals surface area contributed by atoms with Crippen LogP contribution in [0.3, 0.4) is 0 Å². The number of benzene rings is 11. The molecule has 62 heavy (non-hydrogen) atoms. The highest BCUT2D eigenvalue weighted by Crippen LogP contribution is 2.49. The zero-order valence-electron chi connectivity index (χ0n) is 33.8. The highest BCUT2D eigenvalue weighted by Gasteiger charge is 2.23. The zero-order chi connectivity index (χ0) is 40.7. The van der Waals surface area contributed by atoms with Crippen molar-refractivity contribution in [3.05, 3.63) is 231 Å². The summed E-state index contributed by atoms with van der Waals surface area (Å²) in [4.78, 5) is 2.41. The van der Waals surface area contributed by atoms with E-state index in [1.54, 1.807) is 0 Å². The molecule has 11 aromatic carbocycles. The van der Waals surface area contributed by atoms with E-state index in [-0.39, 0.29) is 0 Å². The van der Waals surface area contributed by atoms with Gasteiger partial charge >= 0.3 is 0 Å². The summed E-state index contributed by atoms with van der Waals surface area (Å²) in [7, 11) is 0. The molecule has 1 aliphatic rings. The number of para-hydroxylation sites is 2. The largest absolute Gasteiger partial charge is 0.310 e. The Morgan fingerprint density at radius 3 is 1.63 bits per heavy atom. The summed E-state index contributed by atoms with van der Waals surface area (Å²) >= 11 is 0. The molecule has 0 unspecified atom stereocenters. The van der Waals surface area contributed by atoms with E-state index in [1.165, 1.54) is 98.6 Å². The van der Waals surface area contributed by atoms with Gasteiger partial charge in [-0.1, -0.05) is 158 Å². The van der Waals surface area contributed by atoms with E-state index < -0.39 is 0 Å². The van der Waals surface area contributed by atoms with Crippen molar-refractivity contribution in [1.82, 2.24) is 4.57 Å². The standard InChI is InChI=1S/C60H38N2/c1-2-18-50-40(12-1)26-27-41-28-29-43(36-56(41)50)39-30-32-46(33-31-39)61(48-16-11-17-49(38-48)62-58-24-7-5-21-53(58)54-22-6-8-25-59(54)62)47-15-9-13-42(35-47)45-34-44-14-10-23-55-51-19-3-4-20-52(51)57(37-45)60(44)55/h1-38H. The van der Waals surface area contributed by atoms with Gasteiger partial charge < -0.3 is 9.47 Å². The third-order valence-electron chi connectivity index (χ3n) is 13.1. The van der Waals surface area contributed by atoms with Gasteiger partial charge in [0.1, 0.15) is 0 Å². The van der Waals surface area contributed by atoms with E-state index in [9.17, 15) is 0 Å². The number of aromatic nitrogens is 1. The molecule has 13 rings (SSSR count). The van der Waals surface area contributed by atoms with E-state index >= 15 is 0 Å². The number of rotatable bonds is 6. The predicted octanol–water partition coefficient (Wildman–Crippen LogP) is 16.7. The fraction of sp³-hybridized carbons (Fsp3) is 0. The number of fused-ring (bicyclic) bond motifs is 9. The van der Waals surface area contributed by atoms with E-state index in [1.807, 2.05) is 0 Å². The Morgan fingerprint density at radius 1 is 0.274 bits per heavy atom. The second-order valence-electron chi connectivity index (χ2n) is 16.5. The molecule has 0 fully saturated rings. The summed E-state index contributed by atoms with van der Waals surface area (Å²) in [6.07, 6.45) is 0. The smallest absolute Gasteiger partial charge is 0.0541 e. The summed E-state index contributed by atoms with van der Waals surface area (Å²) in [6, 6.07) is 84.9. The summed E-state index contributed by atoms with van der Waals surface area (Å²) < 4.78 is 2.40. The van der Waals surface area contributed by atoms with Gasteiger partial charge in [-0.05, 0) is 150 Å². The van der Waals surface area contributed by atoms with Crippen molar-refractivity contribution < 1.29 is 0 Å². The van der Waals surface area contributed by atoms with Crippen LogP contribution in [-0.4, -0.2) is 4.57 Å². The Kier molecular flexibility index (Phi) is 7.64. The van der Waals surface area contributed by atoms with Gasteiger partial charge in [0.25, 0.3) is 0 Å². The van der Waals surface area contributed by atoms with Gasteiger partial charge in [0.2, 0.25) is 0 Å². The van der Waals surface area contributed by atoms with E-state index in [0.717, 1.165) is 22.7 Å². The van der Waals surface area contributed by atoms with Crippen molar-refractivity contribution >= 4 is 71.2 Å². The maximum absolute atomic E-state index is 2.41. The molecule has 0 N–H and O–H groups in total. The monoisotopic (exact) mass is 786 g/mol. The SMILES string of the molecule is c1cc(-c2cc3c4c(cccc4c2)-c2ccccc2-3)cc(N(c2ccc(-c3ccc4ccc5ccccc5c4c3)cc2)c2cccc(-n3c4ccccc4c4ccccc43)c2)c1. The molecule has 0 atom stereocenters. The lowest BCUT2D eigenvalue weighted by Gasteiger charge is -2.27. The summed E-state index contributed by atoms with van der Waals surface area (Å²) in [6.45, 7) is 0. The molecule has 12 aromatic rings. The van der Waals surface area contributed by atoms with Crippen molar-refractivity contribution in [1.29, 1.82) is 0 Å². The molecular formula is C60H38N2. The molecule has 0 amide bonds. The molecular weight excluding hydrogens is 749 g/mol. The molecule has 0 spiro atoms. The Labute approximate surface area is 359 Å². The summed E-state index contributed by atoms with van der Waals surface area (Å²) in [5, 5.41) is 10.2. The molecule has 1 aliphatic carbocycles. The van der Waals surface area contributed by atoms with Crippen LogP contribution >= 0.6 is 0 Å². The summed E-state index contributed by atoms with van der Waals surface area (Å²) in [5.74, 6) is 0. The maximum Gasteiger partial charge on any atom is 0.0541 e. The van der Waals surface area contributed by atoms with Crippen LogP contribution in [0.4, 0.5) is 17.1 Å². The van der Waals surface area contributed by atoms with Gasteiger partial charge in [-0.3, -0.25) is 0 Å². The topological polar surface area (TPSA) is 8.17 Å². The number of hydrogen-bond donors (Lipinski definition) is 0. The van der Waals surface area contributed by atoms with Crippen LogP contribution in [0.5, 0.6) is 0 Å². The van der Waals surface area contributed by atoms with E-state index in [4.69, 9.17) is 0 Å². The summed E-state index contributed by atoms with van der Waals surface area (Å²) in [5.41, 5.74) is 16.8. The quantitative estimate of drug-likeness (QED) is 0.152. The third kappa shape index (κ3) is 5.37. The Balaban J connectivity index is 0.967. The zero-order valence-corrected chi connectivity index (χ0v) is 33.8. The molecule has 1 aromatic heterocycles. The van der Waals surface area contributed by atoms with E-state index in [0.29, 0.717) is 0 Å². The molecule has 0 saturated carbocycles. The first-order chi connectivity index (χ1) is 30.7. The lowest BCUT2D eigenvalue weighted by atomic mass is 9.95. The first kappa shape index (κ1) is 34.6. The lowest BCUT2D eigenvalue weighted by molar-refractivity contribution is 1.17. The highest BCUT2D eigenvalue weighted by molar-refractivity contribution is 6.16. The normalized spacial score (nSPS) is 11.9. The molecule has 2 nitrogen and oxygen atoms in total. The van der Waals surface area contributed by atoms with Crippen LogP contribution in [-0.2, 0) is 0 Å². The third-order valence-corrected chi connectivity index (χ3v) is 13.1. The van der Waals surface area contributed by atoms with Gasteiger partial charge in [0.05, 0.1) is 11.0 Å². The minimum Gasteiger partial charge on any atom is -0.310 e. The maximum atomic E-state index is 2.41. The molecule has 0 saturated heterocycles. The number of nitrogens with zero attached hydrogens (tertiary/aromatic N) is 2. The molecule has 288 valence electrons. The van der Waals surface area contributed by atoms with Crippen LogP contribution < -0.4 is 4.90 Å². The van der Waals surface area contributed by atoms with E-state index in [2.05, 4.69) is 240 Å². The number of anilines is 3. The van der Waals surface area contributed by atoms with Crippen molar-refractivity contribution in [2.45, 2.75) is 0 Å². The van der Waals surface area contributed by atoms with Gasteiger partial charge in [-0.15, -0.1) is 0 Å². The van der Waals surface area contributed by atoms with Gasteiger partial charge in [0.15, 0.2) is 0 Å². The Bertz CT molecular complexity index is 3710. The van der Waals surface area contributed by atoms with Crippen molar-refractivity contribution in [2.75, 3.05) is 4.90 Å². The van der Waals surface area contributed by atoms with Crippen LogP contribution in [0.15, 0.2) is 231 Å². The van der Waals surface area contributed by atoms with Crippen LogP contribution in [0.25, 0.3) is 104 Å². The van der Waals surface area contributed by atoms with Crippen molar-refractivity contribution in [2.24, 2.45) is 0 Å². The molecule has 1 heterocycles. The predicted molar refractivity (Wildman–Crippen MR) is 263 cm³/mol. The fourth-order valence-electron chi connectivity index (χ4n) is 10.2. The Hall–Kier alpha value is -8.20.